The second-order valence-electron chi connectivity index (χ2n) is 5.58. The van der Waals surface area contributed by atoms with Crippen LogP contribution in [0.5, 0.6) is 11.5 Å². The topological polar surface area (TPSA) is 38.8 Å². The van der Waals surface area contributed by atoms with Gasteiger partial charge in [-0.1, -0.05) is 0 Å². The molecule has 0 saturated heterocycles. The van der Waals surface area contributed by atoms with Crippen LogP contribution >= 0.6 is 0 Å². The van der Waals surface area contributed by atoms with Crippen molar-refractivity contribution in [3.63, 3.8) is 0 Å². The molecule has 0 spiro atoms. The minimum absolute atomic E-state index is 0.251. The molecule has 0 radical (unpaired) electrons. The highest BCUT2D eigenvalue weighted by Gasteiger charge is 2.25. The van der Waals surface area contributed by atoms with Crippen LogP contribution in [0.4, 0.5) is 8.78 Å². The number of ether oxygens (including phenoxy) is 2. The Morgan fingerprint density at radius 1 is 1.04 bits per heavy atom. The molecule has 0 atom stereocenters. The number of carbonyl (C=O) groups is 1. The van der Waals surface area contributed by atoms with E-state index in [4.69, 9.17) is 9.47 Å². The molecule has 3 rings (SSSR count). The highest BCUT2D eigenvalue weighted by atomic mass is 19.1. The molecule has 1 amide bonds. The third kappa shape index (κ3) is 2.91. The summed E-state index contributed by atoms with van der Waals surface area (Å²) in [6.07, 6.45) is 0.609. The summed E-state index contributed by atoms with van der Waals surface area (Å²) in [7, 11) is 3.10. The quantitative estimate of drug-likeness (QED) is 0.866. The number of hydrogen-bond acceptors (Lipinski definition) is 3. The molecule has 2 aromatic rings. The molecule has 126 valence electrons. The van der Waals surface area contributed by atoms with Gasteiger partial charge >= 0.3 is 0 Å². The molecule has 0 aromatic heterocycles. The number of nitrogens with zero attached hydrogens (tertiary/aromatic N) is 1. The van der Waals surface area contributed by atoms with Gasteiger partial charge in [0.15, 0.2) is 11.5 Å². The Bertz CT molecular complexity index is 792. The van der Waals surface area contributed by atoms with Gasteiger partial charge in [-0.15, -0.1) is 0 Å². The van der Waals surface area contributed by atoms with Crippen molar-refractivity contribution in [2.45, 2.75) is 13.0 Å². The third-order valence-electron chi connectivity index (χ3n) is 4.16. The van der Waals surface area contributed by atoms with E-state index in [0.717, 1.165) is 29.3 Å². The molecule has 0 N–H and O–H groups in total. The van der Waals surface area contributed by atoms with Crippen molar-refractivity contribution in [1.29, 1.82) is 0 Å². The monoisotopic (exact) mass is 333 g/mol. The van der Waals surface area contributed by atoms with Crippen molar-refractivity contribution in [3.05, 3.63) is 58.7 Å². The van der Waals surface area contributed by atoms with Gasteiger partial charge in [-0.05, 0) is 47.9 Å². The van der Waals surface area contributed by atoms with Crippen LogP contribution in [0.1, 0.15) is 21.5 Å². The summed E-state index contributed by atoms with van der Waals surface area (Å²) in [4.78, 5) is 14.0. The first kappa shape index (κ1) is 16.2. The van der Waals surface area contributed by atoms with E-state index in [1.807, 2.05) is 12.1 Å². The maximum Gasteiger partial charge on any atom is 0.257 e. The Kier molecular flexibility index (Phi) is 4.38. The molecule has 0 unspecified atom stereocenters. The van der Waals surface area contributed by atoms with E-state index >= 15 is 0 Å². The molecule has 24 heavy (non-hydrogen) atoms. The molecule has 0 saturated carbocycles. The number of fused-ring (bicyclic) bond motifs is 1. The van der Waals surface area contributed by atoms with Crippen molar-refractivity contribution in [1.82, 2.24) is 4.90 Å². The molecule has 0 bridgehead atoms. The number of benzene rings is 2. The SMILES string of the molecule is COc1cc2c(cc1OC)CN(C(=O)c1cc(F)ccc1F)CC2. The van der Waals surface area contributed by atoms with Crippen LogP contribution in [-0.2, 0) is 13.0 Å². The van der Waals surface area contributed by atoms with Crippen molar-refractivity contribution in [2.24, 2.45) is 0 Å². The minimum Gasteiger partial charge on any atom is -0.493 e. The predicted molar refractivity (Wildman–Crippen MR) is 84.3 cm³/mol. The second-order valence-corrected chi connectivity index (χ2v) is 5.58. The van der Waals surface area contributed by atoms with Gasteiger partial charge in [0.05, 0.1) is 19.8 Å². The lowest BCUT2D eigenvalue weighted by atomic mass is 9.98. The molecular formula is C18H17F2NO3. The Hall–Kier alpha value is -2.63. The molecule has 1 aliphatic heterocycles. The largest absolute Gasteiger partial charge is 0.493 e. The first-order valence-electron chi connectivity index (χ1n) is 7.51. The summed E-state index contributed by atoms with van der Waals surface area (Å²) < 4.78 is 37.7. The van der Waals surface area contributed by atoms with Crippen molar-refractivity contribution < 1.29 is 23.0 Å². The van der Waals surface area contributed by atoms with Gasteiger partial charge in [0.1, 0.15) is 11.6 Å². The zero-order valence-electron chi connectivity index (χ0n) is 13.4. The number of hydrogen-bond donors (Lipinski definition) is 0. The predicted octanol–water partition coefficient (Wildman–Crippen LogP) is 3.18. The molecule has 0 aliphatic carbocycles. The third-order valence-corrected chi connectivity index (χ3v) is 4.16. The van der Waals surface area contributed by atoms with E-state index in [2.05, 4.69) is 0 Å². The standard InChI is InChI=1S/C18H17F2NO3/c1-23-16-7-11-5-6-21(10-12(11)8-17(16)24-2)18(22)14-9-13(19)3-4-15(14)20/h3-4,7-9H,5-6,10H2,1-2H3. The maximum atomic E-state index is 13.8. The van der Waals surface area contributed by atoms with Gasteiger partial charge in [-0.3, -0.25) is 4.79 Å². The normalized spacial score (nSPS) is 13.4. The number of rotatable bonds is 3. The fourth-order valence-corrected chi connectivity index (χ4v) is 2.89. The Morgan fingerprint density at radius 2 is 1.71 bits per heavy atom. The van der Waals surface area contributed by atoms with Crippen molar-refractivity contribution in [3.8, 4) is 11.5 Å². The van der Waals surface area contributed by atoms with Gasteiger partial charge in [0, 0.05) is 13.1 Å². The number of carbonyl (C=O) groups excluding carboxylic acids is 1. The summed E-state index contributed by atoms with van der Waals surface area (Å²) in [6.45, 7) is 0.738. The smallest absolute Gasteiger partial charge is 0.257 e. The lowest BCUT2D eigenvalue weighted by Gasteiger charge is -2.29. The average Bonchev–Trinajstić information content (AvgIpc) is 2.61. The van der Waals surface area contributed by atoms with Gasteiger partial charge in [0.2, 0.25) is 0 Å². The highest BCUT2D eigenvalue weighted by Crippen LogP contribution is 2.33. The number of methoxy groups -OCH3 is 2. The van der Waals surface area contributed by atoms with Crippen molar-refractivity contribution >= 4 is 5.91 Å². The van der Waals surface area contributed by atoms with Crippen LogP contribution in [0.3, 0.4) is 0 Å². The second kappa shape index (κ2) is 6.47. The van der Waals surface area contributed by atoms with Crippen molar-refractivity contribution in [2.75, 3.05) is 20.8 Å². The number of halogens is 2. The minimum atomic E-state index is -0.723. The summed E-state index contributed by atoms with van der Waals surface area (Å²) in [5.41, 5.74) is 1.71. The fourth-order valence-electron chi connectivity index (χ4n) is 2.89. The molecule has 1 heterocycles. The van der Waals surface area contributed by atoms with Gasteiger partial charge < -0.3 is 14.4 Å². The first-order chi connectivity index (χ1) is 11.5. The van der Waals surface area contributed by atoms with Gasteiger partial charge in [-0.2, -0.15) is 0 Å². The van der Waals surface area contributed by atoms with Gasteiger partial charge in [0.25, 0.3) is 5.91 Å². The number of amides is 1. The highest BCUT2D eigenvalue weighted by molar-refractivity contribution is 5.94. The van der Waals surface area contributed by atoms with E-state index in [9.17, 15) is 13.6 Å². The molecule has 6 heteroatoms. The first-order valence-corrected chi connectivity index (χ1v) is 7.51. The van der Waals surface area contributed by atoms with Crippen LogP contribution in [0.2, 0.25) is 0 Å². The Balaban J connectivity index is 1.89. The summed E-state index contributed by atoms with van der Waals surface area (Å²) in [5, 5.41) is 0. The van der Waals surface area contributed by atoms with Crippen LogP contribution in [0.15, 0.2) is 30.3 Å². The summed E-state index contributed by atoms with van der Waals surface area (Å²) in [6, 6.07) is 6.60. The Morgan fingerprint density at radius 3 is 2.38 bits per heavy atom. The van der Waals surface area contributed by atoms with E-state index < -0.39 is 17.5 Å². The van der Waals surface area contributed by atoms with Crippen LogP contribution in [-0.4, -0.2) is 31.6 Å². The fraction of sp³-hybridized carbons (Fsp3) is 0.278. The molecule has 4 nitrogen and oxygen atoms in total. The Labute approximate surface area is 138 Å². The summed E-state index contributed by atoms with van der Waals surface area (Å²) >= 11 is 0. The van der Waals surface area contributed by atoms with E-state index in [1.165, 1.54) is 12.0 Å². The lowest BCUT2D eigenvalue weighted by molar-refractivity contribution is 0.0729. The maximum absolute atomic E-state index is 13.8. The van der Waals surface area contributed by atoms with Crippen LogP contribution < -0.4 is 9.47 Å². The molecule has 1 aliphatic rings. The zero-order chi connectivity index (χ0) is 17.3. The van der Waals surface area contributed by atoms with Crippen LogP contribution in [0, 0.1) is 11.6 Å². The van der Waals surface area contributed by atoms with Crippen LogP contribution in [0.25, 0.3) is 0 Å². The van der Waals surface area contributed by atoms with Gasteiger partial charge in [-0.25, -0.2) is 8.78 Å². The van der Waals surface area contributed by atoms with E-state index in [-0.39, 0.29) is 5.56 Å². The molecule has 2 aromatic carbocycles. The van der Waals surface area contributed by atoms with E-state index in [1.54, 1.807) is 7.11 Å². The van der Waals surface area contributed by atoms with E-state index in [0.29, 0.717) is 31.0 Å². The lowest BCUT2D eigenvalue weighted by Crippen LogP contribution is -2.36. The zero-order valence-corrected chi connectivity index (χ0v) is 13.4. The molecule has 0 fully saturated rings. The average molecular weight is 333 g/mol. The summed E-state index contributed by atoms with van der Waals surface area (Å²) in [5.74, 6) is -0.676. The molecular weight excluding hydrogens is 316 g/mol.